The van der Waals surface area contributed by atoms with Crippen molar-refractivity contribution in [1.82, 2.24) is 4.90 Å². The maximum Gasteiger partial charge on any atom is 0.303 e. The third-order valence-corrected chi connectivity index (χ3v) is 4.12. The van der Waals surface area contributed by atoms with Gasteiger partial charge in [-0.2, -0.15) is 0 Å². The Morgan fingerprint density at radius 2 is 1.79 bits per heavy atom. The molecule has 1 rings (SSSR count). The van der Waals surface area contributed by atoms with E-state index in [4.69, 9.17) is 5.11 Å². The van der Waals surface area contributed by atoms with Gasteiger partial charge in [0.2, 0.25) is 5.91 Å². The highest BCUT2D eigenvalue weighted by atomic mass is 16.4. The fourth-order valence-electron chi connectivity index (χ4n) is 3.20. The van der Waals surface area contributed by atoms with Crippen LogP contribution < -0.4 is 0 Å². The standard InChI is InChI=1S/C15H27NO3/c1-4-9-16(12(2)3)13(17)10-15(11-14(18)19)7-5-6-8-15/h12H,4-11H2,1-3H3,(H,18,19). The minimum Gasteiger partial charge on any atom is -0.481 e. The number of carboxylic acids is 1. The summed E-state index contributed by atoms with van der Waals surface area (Å²) >= 11 is 0. The molecule has 19 heavy (non-hydrogen) atoms. The summed E-state index contributed by atoms with van der Waals surface area (Å²) in [5, 5.41) is 9.08. The molecule has 1 N–H and O–H groups in total. The predicted octanol–water partition coefficient (Wildman–Crippen LogP) is 3.06. The Labute approximate surface area is 116 Å². The molecule has 0 radical (unpaired) electrons. The predicted molar refractivity (Wildman–Crippen MR) is 74.9 cm³/mol. The van der Waals surface area contributed by atoms with Crippen molar-refractivity contribution < 1.29 is 14.7 Å². The quantitative estimate of drug-likeness (QED) is 0.772. The molecule has 0 spiro atoms. The molecule has 0 aromatic heterocycles. The number of nitrogens with zero attached hydrogens (tertiary/aromatic N) is 1. The molecule has 1 fully saturated rings. The summed E-state index contributed by atoms with van der Waals surface area (Å²) in [5.41, 5.74) is -0.288. The normalized spacial score (nSPS) is 17.7. The molecule has 0 saturated heterocycles. The summed E-state index contributed by atoms with van der Waals surface area (Å²) in [5.74, 6) is -0.652. The molecule has 0 heterocycles. The largest absolute Gasteiger partial charge is 0.481 e. The molecule has 1 aliphatic carbocycles. The van der Waals surface area contributed by atoms with Gasteiger partial charge in [0.1, 0.15) is 0 Å². The summed E-state index contributed by atoms with van der Waals surface area (Å²) < 4.78 is 0. The van der Waals surface area contributed by atoms with Gasteiger partial charge < -0.3 is 10.0 Å². The zero-order valence-corrected chi connectivity index (χ0v) is 12.4. The number of carboxylic acid groups (broad SMARTS) is 1. The Kier molecular flexibility index (Phi) is 5.83. The molecule has 110 valence electrons. The smallest absolute Gasteiger partial charge is 0.303 e. The molecule has 0 bridgehead atoms. The van der Waals surface area contributed by atoms with Crippen LogP contribution in [0.1, 0.15) is 65.7 Å². The first-order chi connectivity index (χ1) is 8.90. The summed E-state index contributed by atoms with van der Waals surface area (Å²) in [7, 11) is 0. The van der Waals surface area contributed by atoms with E-state index in [2.05, 4.69) is 6.92 Å². The summed E-state index contributed by atoms with van der Waals surface area (Å²) in [6.07, 6.45) is 5.34. The molecule has 1 saturated carbocycles. The van der Waals surface area contributed by atoms with Gasteiger partial charge in [-0.15, -0.1) is 0 Å². The lowest BCUT2D eigenvalue weighted by Gasteiger charge is -2.32. The van der Waals surface area contributed by atoms with E-state index in [0.29, 0.717) is 6.42 Å². The van der Waals surface area contributed by atoms with E-state index in [9.17, 15) is 9.59 Å². The Morgan fingerprint density at radius 3 is 2.21 bits per heavy atom. The van der Waals surface area contributed by atoms with Crippen molar-refractivity contribution in [2.24, 2.45) is 5.41 Å². The molecule has 0 aromatic rings. The van der Waals surface area contributed by atoms with Crippen LogP contribution in [0, 0.1) is 5.41 Å². The molecule has 1 aliphatic rings. The number of rotatable bonds is 7. The van der Waals surface area contributed by atoms with Gasteiger partial charge >= 0.3 is 5.97 Å². The van der Waals surface area contributed by atoms with E-state index in [1.165, 1.54) is 0 Å². The van der Waals surface area contributed by atoms with E-state index in [1.54, 1.807) is 0 Å². The maximum atomic E-state index is 12.5. The molecule has 0 atom stereocenters. The van der Waals surface area contributed by atoms with E-state index >= 15 is 0 Å². The Hall–Kier alpha value is -1.06. The first-order valence-electron chi connectivity index (χ1n) is 7.41. The van der Waals surface area contributed by atoms with Crippen LogP contribution in [-0.2, 0) is 9.59 Å². The lowest BCUT2D eigenvalue weighted by Crippen LogP contribution is -2.40. The van der Waals surface area contributed by atoms with Gasteiger partial charge in [-0.25, -0.2) is 0 Å². The summed E-state index contributed by atoms with van der Waals surface area (Å²) in [4.78, 5) is 25.4. The summed E-state index contributed by atoms with van der Waals surface area (Å²) in [6, 6.07) is 0.190. The third kappa shape index (κ3) is 4.51. The fraction of sp³-hybridized carbons (Fsp3) is 0.867. The van der Waals surface area contributed by atoms with Gasteiger partial charge in [0.05, 0.1) is 6.42 Å². The summed E-state index contributed by atoms with van der Waals surface area (Å²) in [6.45, 7) is 6.86. The van der Waals surface area contributed by atoms with Crippen molar-refractivity contribution in [3.05, 3.63) is 0 Å². The number of hydrogen-bond donors (Lipinski definition) is 1. The molecular formula is C15H27NO3. The van der Waals surface area contributed by atoms with Gasteiger partial charge in [-0.1, -0.05) is 19.8 Å². The molecule has 0 aromatic carbocycles. The average Bonchev–Trinajstić information content (AvgIpc) is 2.72. The van der Waals surface area contributed by atoms with Gasteiger partial charge in [0, 0.05) is 19.0 Å². The second-order valence-corrected chi connectivity index (χ2v) is 6.14. The second kappa shape index (κ2) is 6.92. The van der Waals surface area contributed by atoms with E-state index < -0.39 is 5.97 Å². The number of carbonyl (C=O) groups is 2. The minimum atomic E-state index is -0.777. The van der Waals surface area contributed by atoms with Crippen molar-refractivity contribution in [3.8, 4) is 0 Å². The molecular weight excluding hydrogens is 242 g/mol. The van der Waals surface area contributed by atoms with Crippen LogP contribution in [0.3, 0.4) is 0 Å². The van der Waals surface area contributed by atoms with Crippen LogP contribution in [0.2, 0.25) is 0 Å². The first kappa shape index (κ1) is 16.0. The van der Waals surface area contributed by atoms with Gasteiger partial charge in [-0.3, -0.25) is 9.59 Å². The monoisotopic (exact) mass is 269 g/mol. The Bertz CT molecular complexity index is 319. The van der Waals surface area contributed by atoms with Crippen molar-refractivity contribution in [2.45, 2.75) is 71.8 Å². The third-order valence-electron chi connectivity index (χ3n) is 4.12. The van der Waals surface area contributed by atoms with Crippen LogP contribution >= 0.6 is 0 Å². The zero-order chi connectivity index (χ0) is 14.5. The van der Waals surface area contributed by atoms with E-state index in [0.717, 1.165) is 38.6 Å². The van der Waals surface area contributed by atoms with Crippen LogP contribution in [0.5, 0.6) is 0 Å². The van der Waals surface area contributed by atoms with Crippen LogP contribution in [0.15, 0.2) is 0 Å². The van der Waals surface area contributed by atoms with E-state index in [1.807, 2.05) is 18.7 Å². The van der Waals surface area contributed by atoms with Crippen LogP contribution in [0.4, 0.5) is 0 Å². The number of amides is 1. The molecule has 4 heteroatoms. The highest BCUT2D eigenvalue weighted by Gasteiger charge is 2.39. The fourth-order valence-corrected chi connectivity index (χ4v) is 3.20. The Balaban J connectivity index is 2.72. The molecule has 1 amide bonds. The maximum absolute atomic E-state index is 12.5. The topological polar surface area (TPSA) is 57.6 Å². The highest BCUT2D eigenvalue weighted by Crippen LogP contribution is 2.44. The number of hydrogen-bond acceptors (Lipinski definition) is 2. The zero-order valence-electron chi connectivity index (χ0n) is 12.4. The lowest BCUT2D eigenvalue weighted by atomic mass is 9.79. The van der Waals surface area contributed by atoms with Crippen LogP contribution in [0.25, 0.3) is 0 Å². The molecule has 0 unspecified atom stereocenters. The van der Waals surface area contributed by atoms with Gasteiger partial charge in [0.25, 0.3) is 0 Å². The minimum absolute atomic E-state index is 0.125. The first-order valence-corrected chi connectivity index (χ1v) is 7.41. The van der Waals surface area contributed by atoms with Gasteiger partial charge in [0.15, 0.2) is 0 Å². The van der Waals surface area contributed by atoms with Crippen molar-refractivity contribution >= 4 is 11.9 Å². The van der Waals surface area contributed by atoms with Gasteiger partial charge in [-0.05, 0) is 38.5 Å². The second-order valence-electron chi connectivity index (χ2n) is 6.14. The van der Waals surface area contributed by atoms with E-state index in [-0.39, 0.29) is 23.8 Å². The van der Waals surface area contributed by atoms with Crippen molar-refractivity contribution in [3.63, 3.8) is 0 Å². The van der Waals surface area contributed by atoms with Crippen molar-refractivity contribution in [2.75, 3.05) is 6.54 Å². The lowest BCUT2D eigenvalue weighted by molar-refractivity contribution is -0.142. The SMILES string of the molecule is CCCN(C(=O)CC1(CC(=O)O)CCCC1)C(C)C. The van der Waals surface area contributed by atoms with Crippen LogP contribution in [-0.4, -0.2) is 34.5 Å². The van der Waals surface area contributed by atoms with Crippen molar-refractivity contribution in [1.29, 1.82) is 0 Å². The number of aliphatic carboxylic acids is 1. The highest BCUT2D eigenvalue weighted by molar-refractivity contribution is 5.78. The average molecular weight is 269 g/mol. The number of carbonyl (C=O) groups excluding carboxylic acids is 1. The Morgan fingerprint density at radius 1 is 1.21 bits per heavy atom. The molecule has 4 nitrogen and oxygen atoms in total. The molecule has 0 aliphatic heterocycles.